The van der Waals surface area contributed by atoms with Gasteiger partial charge in [-0.25, -0.2) is 0 Å². The Kier molecular flexibility index (Phi) is 3.12. The van der Waals surface area contributed by atoms with E-state index in [1.807, 2.05) is 37.5 Å². The maximum absolute atomic E-state index is 11.3. The molecule has 0 saturated heterocycles. The summed E-state index contributed by atoms with van der Waals surface area (Å²) in [6.07, 6.45) is 0. The summed E-state index contributed by atoms with van der Waals surface area (Å²) in [7, 11) is 0. The molecule has 0 radical (unpaired) electrons. The Morgan fingerprint density at radius 1 is 1.38 bits per heavy atom. The first-order chi connectivity index (χ1) is 6.15. The quantitative estimate of drug-likeness (QED) is 0.746. The summed E-state index contributed by atoms with van der Waals surface area (Å²) in [6, 6.07) is 4.04. The molecule has 1 amide bonds. The Balaban J connectivity index is 2.68. The number of carbonyl (C=O) groups excluding carboxylic acids is 1. The zero-order valence-electron chi connectivity index (χ0n) is 8.42. The molecule has 0 saturated carbocycles. The summed E-state index contributed by atoms with van der Waals surface area (Å²) in [5, 5.41) is 2.78. The molecule has 3 nitrogen and oxygen atoms in total. The molecule has 0 aliphatic rings. The zero-order valence-corrected chi connectivity index (χ0v) is 8.42. The van der Waals surface area contributed by atoms with Crippen LogP contribution in [0.1, 0.15) is 18.3 Å². The highest BCUT2D eigenvalue weighted by atomic mass is 16.1. The first-order valence-electron chi connectivity index (χ1n) is 4.54. The number of nitrogens with one attached hydrogen (secondary N) is 1. The number of likely N-dealkylation sites (N-methyl/N-ethyl adjacent to an activating group) is 1. The zero-order chi connectivity index (χ0) is 9.84. The molecule has 0 aliphatic carbocycles. The van der Waals surface area contributed by atoms with Crippen LogP contribution in [0, 0.1) is 13.8 Å². The molecule has 72 valence electrons. The number of hydrogen-bond acceptors (Lipinski definition) is 1. The van der Waals surface area contributed by atoms with Gasteiger partial charge in [-0.2, -0.15) is 0 Å². The maximum Gasteiger partial charge on any atom is 0.239 e. The van der Waals surface area contributed by atoms with Crippen molar-refractivity contribution < 1.29 is 4.79 Å². The van der Waals surface area contributed by atoms with Gasteiger partial charge in [0.2, 0.25) is 5.91 Å². The summed E-state index contributed by atoms with van der Waals surface area (Å²) in [5.41, 5.74) is 2.26. The van der Waals surface area contributed by atoms with Crippen LogP contribution in [-0.2, 0) is 11.3 Å². The highest BCUT2D eigenvalue weighted by Crippen LogP contribution is 2.06. The fourth-order valence-corrected chi connectivity index (χ4v) is 1.35. The predicted octanol–water partition coefficient (Wildman–Crippen LogP) is 1.24. The van der Waals surface area contributed by atoms with Crippen molar-refractivity contribution in [3.05, 3.63) is 23.5 Å². The van der Waals surface area contributed by atoms with Gasteiger partial charge in [0.1, 0.15) is 6.54 Å². The third kappa shape index (κ3) is 2.34. The molecule has 1 aromatic heterocycles. The van der Waals surface area contributed by atoms with Gasteiger partial charge in [0.05, 0.1) is 0 Å². The van der Waals surface area contributed by atoms with E-state index in [0.717, 1.165) is 11.4 Å². The standard InChI is InChI=1S/C10H16N2O/c1-4-11-10(13)7-12-8(2)5-6-9(12)3/h5-6H,4,7H2,1-3H3,(H,11,13). The molecule has 13 heavy (non-hydrogen) atoms. The molecule has 1 aromatic rings. The average Bonchev–Trinajstić information content (AvgIpc) is 2.36. The first kappa shape index (κ1) is 9.84. The third-order valence-electron chi connectivity index (χ3n) is 2.09. The van der Waals surface area contributed by atoms with Gasteiger partial charge in [-0.15, -0.1) is 0 Å². The van der Waals surface area contributed by atoms with Crippen LogP contribution in [0.2, 0.25) is 0 Å². The van der Waals surface area contributed by atoms with E-state index in [1.54, 1.807) is 0 Å². The number of carbonyl (C=O) groups is 1. The summed E-state index contributed by atoms with van der Waals surface area (Å²) >= 11 is 0. The van der Waals surface area contributed by atoms with Crippen LogP contribution in [0.15, 0.2) is 12.1 Å². The lowest BCUT2D eigenvalue weighted by atomic mass is 10.4. The number of aryl methyl sites for hydroxylation is 2. The summed E-state index contributed by atoms with van der Waals surface area (Å²) in [6.45, 7) is 7.06. The molecule has 1 rings (SSSR count). The molecule has 1 heterocycles. The second kappa shape index (κ2) is 4.12. The van der Waals surface area contributed by atoms with Crippen LogP contribution < -0.4 is 5.32 Å². The van der Waals surface area contributed by atoms with Gasteiger partial charge in [-0.05, 0) is 32.9 Å². The van der Waals surface area contributed by atoms with Gasteiger partial charge >= 0.3 is 0 Å². The molecule has 0 aliphatic heterocycles. The second-order valence-electron chi connectivity index (χ2n) is 3.16. The Labute approximate surface area is 78.8 Å². The molecule has 1 N–H and O–H groups in total. The lowest BCUT2D eigenvalue weighted by molar-refractivity contribution is -0.121. The van der Waals surface area contributed by atoms with Crippen LogP contribution in [0.5, 0.6) is 0 Å². The number of nitrogens with zero attached hydrogens (tertiary/aromatic N) is 1. The van der Waals surface area contributed by atoms with Gasteiger partial charge in [0, 0.05) is 17.9 Å². The van der Waals surface area contributed by atoms with Crippen LogP contribution >= 0.6 is 0 Å². The highest BCUT2D eigenvalue weighted by Gasteiger charge is 2.05. The molecule has 0 unspecified atom stereocenters. The summed E-state index contributed by atoms with van der Waals surface area (Å²) in [4.78, 5) is 11.3. The molecule has 0 atom stereocenters. The van der Waals surface area contributed by atoms with E-state index in [9.17, 15) is 4.79 Å². The van der Waals surface area contributed by atoms with Crippen molar-refractivity contribution in [3.63, 3.8) is 0 Å². The summed E-state index contributed by atoms with van der Waals surface area (Å²) in [5.74, 6) is 0.0740. The molecule has 0 bridgehead atoms. The van der Waals surface area contributed by atoms with Crippen molar-refractivity contribution in [3.8, 4) is 0 Å². The fourth-order valence-electron chi connectivity index (χ4n) is 1.35. The van der Waals surface area contributed by atoms with Crippen LogP contribution in [-0.4, -0.2) is 17.0 Å². The number of hydrogen-bond donors (Lipinski definition) is 1. The number of rotatable bonds is 3. The van der Waals surface area contributed by atoms with E-state index in [1.165, 1.54) is 0 Å². The van der Waals surface area contributed by atoms with Crippen molar-refractivity contribution in [2.45, 2.75) is 27.3 Å². The van der Waals surface area contributed by atoms with Crippen molar-refractivity contribution in [2.75, 3.05) is 6.54 Å². The number of amides is 1. The van der Waals surface area contributed by atoms with Gasteiger partial charge in [-0.3, -0.25) is 4.79 Å². The smallest absolute Gasteiger partial charge is 0.239 e. The Morgan fingerprint density at radius 3 is 2.38 bits per heavy atom. The van der Waals surface area contributed by atoms with Crippen molar-refractivity contribution in [2.24, 2.45) is 0 Å². The summed E-state index contributed by atoms with van der Waals surface area (Å²) < 4.78 is 2.00. The van der Waals surface area contributed by atoms with Crippen molar-refractivity contribution in [1.29, 1.82) is 0 Å². The Bertz CT molecular complexity index is 282. The minimum Gasteiger partial charge on any atom is -0.355 e. The van der Waals surface area contributed by atoms with Crippen molar-refractivity contribution in [1.82, 2.24) is 9.88 Å². The van der Waals surface area contributed by atoms with Crippen molar-refractivity contribution >= 4 is 5.91 Å². The Hall–Kier alpha value is -1.25. The largest absolute Gasteiger partial charge is 0.355 e. The van der Waals surface area contributed by atoms with E-state index in [-0.39, 0.29) is 5.91 Å². The maximum atomic E-state index is 11.3. The lowest BCUT2D eigenvalue weighted by Crippen LogP contribution is -2.27. The third-order valence-corrected chi connectivity index (χ3v) is 2.09. The lowest BCUT2D eigenvalue weighted by Gasteiger charge is -2.08. The molecule has 0 fully saturated rings. The van der Waals surface area contributed by atoms with E-state index >= 15 is 0 Å². The topological polar surface area (TPSA) is 34.0 Å². The van der Waals surface area contributed by atoms with Crippen LogP contribution in [0.4, 0.5) is 0 Å². The molecular weight excluding hydrogens is 164 g/mol. The van der Waals surface area contributed by atoms with Gasteiger partial charge < -0.3 is 9.88 Å². The minimum atomic E-state index is 0.0740. The van der Waals surface area contributed by atoms with Gasteiger partial charge in [0.25, 0.3) is 0 Å². The number of aromatic nitrogens is 1. The second-order valence-corrected chi connectivity index (χ2v) is 3.16. The fraction of sp³-hybridized carbons (Fsp3) is 0.500. The van der Waals surface area contributed by atoms with E-state index in [2.05, 4.69) is 5.32 Å². The first-order valence-corrected chi connectivity index (χ1v) is 4.54. The molecular formula is C10H16N2O. The van der Waals surface area contributed by atoms with E-state index < -0.39 is 0 Å². The molecule has 3 heteroatoms. The van der Waals surface area contributed by atoms with Gasteiger partial charge in [0.15, 0.2) is 0 Å². The minimum absolute atomic E-state index is 0.0740. The van der Waals surface area contributed by atoms with Gasteiger partial charge in [-0.1, -0.05) is 0 Å². The monoisotopic (exact) mass is 180 g/mol. The van der Waals surface area contributed by atoms with E-state index in [0.29, 0.717) is 13.1 Å². The SMILES string of the molecule is CCNC(=O)Cn1c(C)ccc1C. The Morgan fingerprint density at radius 2 is 1.92 bits per heavy atom. The molecule has 0 aromatic carbocycles. The van der Waals surface area contributed by atoms with Crippen LogP contribution in [0.3, 0.4) is 0 Å². The average molecular weight is 180 g/mol. The van der Waals surface area contributed by atoms with E-state index in [4.69, 9.17) is 0 Å². The molecule has 0 spiro atoms. The predicted molar refractivity (Wildman–Crippen MR) is 52.6 cm³/mol. The normalized spacial score (nSPS) is 10.1. The van der Waals surface area contributed by atoms with Crippen LogP contribution in [0.25, 0.3) is 0 Å². The highest BCUT2D eigenvalue weighted by molar-refractivity contribution is 5.75.